The van der Waals surface area contributed by atoms with Crippen molar-refractivity contribution in [3.63, 3.8) is 0 Å². The second kappa shape index (κ2) is 6.52. The smallest absolute Gasteiger partial charge is 0.275 e. The normalized spacial score (nSPS) is 19.1. The molecule has 1 saturated heterocycles. The van der Waals surface area contributed by atoms with E-state index in [9.17, 15) is 10.1 Å². The monoisotopic (exact) mass is 264 g/mol. The highest BCUT2D eigenvalue weighted by Gasteiger charge is 2.14. The Bertz CT molecular complexity index is 442. The highest BCUT2D eigenvalue weighted by atomic mass is 16.6. The molecule has 1 aliphatic heterocycles. The molecule has 104 valence electrons. The van der Waals surface area contributed by atoms with Gasteiger partial charge in [0.2, 0.25) is 0 Å². The van der Waals surface area contributed by atoms with Crippen molar-refractivity contribution in [2.24, 2.45) is 5.92 Å². The van der Waals surface area contributed by atoms with Gasteiger partial charge in [0.25, 0.3) is 5.69 Å². The van der Waals surface area contributed by atoms with Crippen molar-refractivity contribution in [3.8, 4) is 5.75 Å². The number of rotatable bonds is 5. The van der Waals surface area contributed by atoms with Gasteiger partial charge in [0.1, 0.15) is 5.75 Å². The maximum absolute atomic E-state index is 10.8. The molecule has 2 rings (SSSR count). The average Bonchev–Trinajstić information content (AvgIpc) is 2.41. The number of nitro benzene ring substituents is 1. The molecule has 19 heavy (non-hydrogen) atoms. The first kappa shape index (κ1) is 13.8. The molecule has 1 aromatic carbocycles. The Hall–Kier alpha value is -1.62. The first-order valence-corrected chi connectivity index (χ1v) is 6.75. The minimum absolute atomic E-state index is 0.122. The molecule has 1 heterocycles. The number of benzene rings is 1. The molecule has 1 atom stereocenters. The van der Waals surface area contributed by atoms with Gasteiger partial charge >= 0.3 is 0 Å². The van der Waals surface area contributed by atoms with Crippen molar-refractivity contribution in [1.29, 1.82) is 0 Å². The van der Waals surface area contributed by atoms with Crippen LogP contribution in [0.5, 0.6) is 5.75 Å². The zero-order valence-corrected chi connectivity index (χ0v) is 11.2. The molecule has 0 spiro atoms. The summed E-state index contributed by atoms with van der Waals surface area (Å²) in [5.41, 5.74) is 0.783. The fourth-order valence-electron chi connectivity index (χ4n) is 2.39. The number of nitrogens with zero attached hydrogens (tertiary/aromatic N) is 1. The van der Waals surface area contributed by atoms with Crippen LogP contribution in [0.1, 0.15) is 24.8 Å². The van der Waals surface area contributed by atoms with E-state index in [0.717, 1.165) is 19.5 Å². The third kappa shape index (κ3) is 3.92. The van der Waals surface area contributed by atoms with Gasteiger partial charge in [-0.05, 0) is 57.3 Å². The van der Waals surface area contributed by atoms with E-state index >= 15 is 0 Å². The predicted molar refractivity (Wildman–Crippen MR) is 73.5 cm³/mol. The Morgan fingerprint density at radius 3 is 3.05 bits per heavy atom. The summed E-state index contributed by atoms with van der Waals surface area (Å²) in [5.74, 6) is 1.25. The predicted octanol–water partition coefficient (Wildman–Crippen LogP) is 2.67. The minimum atomic E-state index is -0.368. The Morgan fingerprint density at radius 1 is 1.53 bits per heavy atom. The first-order chi connectivity index (χ1) is 9.16. The van der Waals surface area contributed by atoms with Gasteiger partial charge in [0.05, 0.1) is 17.6 Å². The molecule has 0 aliphatic carbocycles. The molecule has 0 bridgehead atoms. The molecule has 1 aromatic rings. The van der Waals surface area contributed by atoms with Gasteiger partial charge < -0.3 is 10.1 Å². The van der Waals surface area contributed by atoms with Crippen LogP contribution >= 0.6 is 0 Å². The van der Waals surface area contributed by atoms with E-state index in [0.29, 0.717) is 23.8 Å². The maximum atomic E-state index is 10.8. The van der Waals surface area contributed by atoms with E-state index in [-0.39, 0.29) is 10.6 Å². The average molecular weight is 264 g/mol. The van der Waals surface area contributed by atoms with Gasteiger partial charge in [-0.2, -0.15) is 0 Å². The quantitative estimate of drug-likeness (QED) is 0.656. The molecule has 0 amide bonds. The summed E-state index contributed by atoms with van der Waals surface area (Å²) >= 11 is 0. The van der Waals surface area contributed by atoms with Gasteiger partial charge in [-0.1, -0.05) is 0 Å². The lowest BCUT2D eigenvalue weighted by Crippen LogP contribution is -2.30. The number of nitrogens with one attached hydrogen (secondary N) is 1. The van der Waals surface area contributed by atoms with Crippen molar-refractivity contribution in [2.75, 3.05) is 19.7 Å². The molecule has 0 saturated carbocycles. The van der Waals surface area contributed by atoms with Crippen LogP contribution in [0.4, 0.5) is 5.69 Å². The highest BCUT2D eigenvalue weighted by molar-refractivity contribution is 5.45. The summed E-state index contributed by atoms with van der Waals surface area (Å²) in [4.78, 5) is 10.5. The Morgan fingerprint density at radius 2 is 2.37 bits per heavy atom. The molecule has 1 fully saturated rings. The van der Waals surface area contributed by atoms with Crippen LogP contribution in [0, 0.1) is 23.0 Å². The lowest BCUT2D eigenvalue weighted by Gasteiger charge is -2.22. The van der Waals surface area contributed by atoms with Crippen molar-refractivity contribution in [3.05, 3.63) is 33.9 Å². The summed E-state index contributed by atoms with van der Waals surface area (Å²) in [7, 11) is 0. The zero-order chi connectivity index (χ0) is 13.7. The molecule has 0 aromatic heterocycles. The maximum Gasteiger partial charge on any atom is 0.275 e. The van der Waals surface area contributed by atoms with Gasteiger partial charge in [-0.3, -0.25) is 10.1 Å². The summed E-state index contributed by atoms with van der Waals surface area (Å²) in [6, 6.07) is 5.03. The fourth-order valence-corrected chi connectivity index (χ4v) is 2.39. The van der Waals surface area contributed by atoms with Crippen LogP contribution in [0.2, 0.25) is 0 Å². The number of nitro groups is 1. The van der Waals surface area contributed by atoms with Crippen LogP contribution in [-0.4, -0.2) is 24.6 Å². The number of aryl methyl sites for hydroxylation is 1. The molecule has 0 radical (unpaired) electrons. The van der Waals surface area contributed by atoms with Crippen molar-refractivity contribution in [2.45, 2.75) is 26.2 Å². The van der Waals surface area contributed by atoms with Crippen LogP contribution in [0.3, 0.4) is 0 Å². The van der Waals surface area contributed by atoms with Crippen molar-refractivity contribution in [1.82, 2.24) is 5.32 Å². The summed E-state index contributed by atoms with van der Waals surface area (Å²) in [6.45, 7) is 4.51. The largest absolute Gasteiger partial charge is 0.493 e. The third-order valence-electron chi connectivity index (χ3n) is 3.57. The SMILES string of the molecule is Cc1ccc(OCCC2CCCNC2)cc1[N+](=O)[O-]. The Balaban J connectivity index is 1.85. The molecule has 1 unspecified atom stereocenters. The van der Waals surface area contributed by atoms with E-state index in [1.807, 2.05) is 0 Å². The molecular formula is C14H20N2O3. The van der Waals surface area contributed by atoms with E-state index in [1.165, 1.54) is 18.9 Å². The van der Waals surface area contributed by atoms with Crippen molar-refractivity contribution >= 4 is 5.69 Å². The fraction of sp³-hybridized carbons (Fsp3) is 0.571. The summed E-state index contributed by atoms with van der Waals surface area (Å²) < 4.78 is 5.62. The van der Waals surface area contributed by atoms with Crippen LogP contribution in [-0.2, 0) is 0 Å². The van der Waals surface area contributed by atoms with Gasteiger partial charge in [-0.25, -0.2) is 0 Å². The standard InChI is InChI=1S/C14H20N2O3/c1-11-4-5-13(9-14(11)16(17)18)19-8-6-12-3-2-7-15-10-12/h4-5,9,12,15H,2-3,6-8,10H2,1H3. The third-order valence-corrected chi connectivity index (χ3v) is 3.57. The van der Waals surface area contributed by atoms with Gasteiger partial charge in [0.15, 0.2) is 0 Å². The summed E-state index contributed by atoms with van der Waals surface area (Å²) in [6.07, 6.45) is 3.46. The van der Waals surface area contributed by atoms with Crippen LogP contribution in [0.15, 0.2) is 18.2 Å². The highest BCUT2D eigenvalue weighted by Crippen LogP contribution is 2.24. The zero-order valence-electron chi connectivity index (χ0n) is 11.2. The Kier molecular flexibility index (Phi) is 4.74. The van der Waals surface area contributed by atoms with E-state index in [1.54, 1.807) is 19.1 Å². The van der Waals surface area contributed by atoms with E-state index < -0.39 is 0 Å². The summed E-state index contributed by atoms with van der Waals surface area (Å²) in [5, 5.41) is 14.2. The second-order valence-corrected chi connectivity index (χ2v) is 5.05. The topological polar surface area (TPSA) is 64.4 Å². The van der Waals surface area contributed by atoms with Gasteiger partial charge in [0, 0.05) is 5.56 Å². The molecule has 1 aliphatic rings. The van der Waals surface area contributed by atoms with E-state index in [4.69, 9.17) is 4.74 Å². The lowest BCUT2D eigenvalue weighted by atomic mass is 9.97. The lowest BCUT2D eigenvalue weighted by molar-refractivity contribution is -0.385. The number of hydrogen-bond donors (Lipinski definition) is 1. The second-order valence-electron chi connectivity index (χ2n) is 5.05. The molecular weight excluding hydrogens is 244 g/mol. The first-order valence-electron chi connectivity index (χ1n) is 6.75. The number of ether oxygens (including phenoxy) is 1. The number of piperidine rings is 1. The minimum Gasteiger partial charge on any atom is -0.493 e. The van der Waals surface area contributed by atoms with Gasteiger partial charge in [-0.15, -0.1) is 0 Å². The number of hydrogen-bond acceptors (Lipinski definition) is 4. The molecule has 5 heteroatoms. The van der Waals surface area contributed by atoms with E-state index in [2.05, 4.69) is 5.32 Å². The van der Waals surface area contributed by atoms with Crippen molar-refractivity contribution < 1.29 is 9.66 Å². The Labute approximate surface area is 113 Å². The molecule has 1 N–H and O–H groups in total. The van der Waals surface area contributed by atoms with Crippen LogP contribution < -0.4 is 10.1 Å². The molecule has 5 nitrogen and oxygen atoms in total. The van der Waals surface area contributed by atoms with Crippen LogP contribution in [0.25, 0.3) is 0 Å².